The van der Waals surface area contributed by atoms with Gasteiger partial charge in [-0.3, -0.25) is 0 Å². The van der Waals surface area contributed by atoms with E-state index in [1.165, 1.54) is 0 Å². The second-order valence-corrected chi connectivity index (χ2v) is 6.70. The number of aromatic hydroxyl groups is 1. The zero-order valence-electron chi connectivity index (χ0n) is 13.5. The number of aldehydes is 1. The summed E-state index contributed by atoms with van der Waals surface area (Å²) in [6.45, 7) is 6.02. The fraction of sp³-hybridized carbons (Fsp3) is 0.316. The molecule has 0 radical (unpaired) electrons. The van der Waals surface area contributed by atoms with E-state index < -0.39 is 11.7 Å². The highest BCUT2D eigenvalue weighted by molar-refractivity contribution is 5.63. The molecule has 3 N–H and O–H groups in total. The minimum atomic E-state index is -2.01. The van der Waals surface area contributed by atoms with Gasteiger partial charge in [0.1, 0.15) is 11.9 Å². The molecule has 23 heavy (non-hydrogen) atoms. The van der Waals surface area contributed by atoms with Gasteiger partial charge in [0.2, 0.25) is 0 Å². The molecule has 0 fully saturated rings. The molecule has 2 aromatic rings. The van der Waals surface area contributed by atoms with E-state index >= 15 is 0 Å². The molecule has 4 nitrogen and oxygen atoms in total. The lowest BCUT2D eigenvalue weighted by Crippen LogP contribution is -2.41. The van der Waals surface area contributed by atoms with Gasteiger partial charge in [-0.1, -0.05) is 63.2 Å². The van der Waals surface area contributed by atoms with Crippen molar-refractivity contribution in [2.75, 3.05) is 0 Å². The number of hydrogen-bond acceptors (Lipinski definition) is 4. The Balaban J connectivity index is 2.64. The minimum absolute atomic E-state index is 0.0938. The highest BCUT2D eigenvalue weighted by atomic mass is 16.3. The lowest BCUT2D eigenvalue weighted by molar-refractivity contribution is -0.127. The quantitative estimate of drug-likeness (QED) is 0.758. The van der Waals surface area contributed by atoms with Crippen molar-refractivity contribution in [3.05, 3.63) is 65.2 Å². The van der Waals surface area contributed by atoms with Crippen LogP contribution in [0.2, 0.25) is 0 Å². The van der Waals surface area contributed by atoms with Crippen molar-refractivity contribution in [1.29, 1.82) is 0 Å². The van der Waals surface area contributed by atoms with Crippen LogP contribution in [0.3, 0.4) is 0 Å². The van der Waals surface area contributed by atoms with Gasteiger partial charge in [-0.2, -0.15) is 0 Å². The van der Waals surface area contributed by atoms with Crippen LogP contribution in [0.25, 0.3) is 0 Å². The molecule has 0 amide bonds. The maximum atomic E-state index is 11.1. The summed E-state index contributed by atoms with van der Waals surface area (Å²) in [5, 5.41) is 31.6. The van der Waals surface area contributed by atoms with Crippen LogP contribution in [-0.4, -0.2) is 27.7 Å². The van der Waals surface area contributed by atoms with Gasteiger partial charge in [-0.25, -0.2) is 0 Å². The van der Waals surface area contributed by atoms with E-state index in [0.717, 1.165) is 5.56 Å². The molecule has 0 saturated carbocycles. The Morgan fingerprint density at radius 3 is 2.09 bits per heavy atom. The second-order valence-electron chi connectivity index (χ2n) is 6.70. The predicted molar refractivity (Wildman–Crippen MR) is 88.3 cm³/mol. The van der Waals surface area contributed by atoms with Crippen molar-refractivity contribution in [2.45, 2.75) is 37.9 Å². The SMILES string of the molecule is CC(C)(C)c1ccc(C(O)(c2ccccc2)C(O)C=O)c(O)c1. The number of carbonyl (C=O) groups excluding carboxylic acids is 1. The number of aliphatic hydroxyl groups excluding tert-OH is 1. The average molecular weight is 314 g/mol. The Kier molecular flexibility index (Phi) is 4.59. The lowest BCUT2D eigenvalue weighted by atomic mass is 9.79. The predicted octanol–water partition coefficient (Wildman–Crippen LogP) is 2.49. The molecule has 0 aromatic heterocycles. The summed E-state index contributed by atoms with van der Waals surface area (Å²) >= 11 is 0. The Bertz CT molecular complexity index is 688. The number of carbonyl (C=O) groups is 1. The third-order valence-electron chi connectivity index (χ3n) is 4.05. The summed E-state index contributed by atoms with van der Waals surface area (Å²) in [7, 11) is 0. The molecule has 2 aromatic carbocycles. The molecule has 122 valence electrons. The Morgan fingerprint density at radius 1 is 1.00 bits per heavy atom. The van der Waals surface area contributed by atoms with Crippen molar-refractivity contribution in [3.63, 3.8) is 0 Å². The molecule has 0 aliphatic rings. The molecule has 0 bridgehead atoms. The first-order chi connectivity index (χ1) is 10.7. The van der Waals surface area contributed by atoms with E-state index in [-0.39, 0.29) is 23.0 Å². The molecular formula is C19H22O4. The summed E-state index contributed by atoms with van der Waals surface area (Å²) in [6, 6.07) is 13.2. The molecule has 0 saturated heterocycles. The lowest BCUT2D eigenvalue weighted by Gasteiger charge is -2.32. The molecule has 2 unspecified atom stereocenters. The summed E-state index contributed by atoms with van der Waals surface area (Å²) in [5.74, 6) is -0.162. The first-order valence-electron chi connectivity index (χ1n) is 7.46. The monoisotopic (exact) mass is 314 g/mol. The fourth-order valence-electron chi connectivity index (χ4n) is 2.60. The van der Waals surface area contributed by atoms with E-state index in [2.05, 4.69) is 0 Å². The summed E-state index contributed by atoms with van der Waals surface area (Å²) < 4.78 is 0. The smallest absolute Gasteiger partial charge is 0.152 e. The molecule has 4 heteroatoms. The van der Waals surface area contributed by atoms with Crippen LogP contribution in [0.15, 0.2) is 48.5 Å². The zero-order chi connectivity index (χ0) is 17.3. The summed E-state index contributed by atoms with van der Waals surface area (Å²) in [5.41, 5.74) is -0.877. The van der Waals surface area contributed by atoms with Crippen LogP contribution in [0, 0.1) is 0 Å². The maximum absolute atomic E-state index is 11.1. The summed E-state index contributed by atoms with van der Waals surface area (Å²) in [6.07, 6.45) is -1.43. The minimum Gasteiger partial charge on any atom is -0.508 e. The average Bonchev–Trinajstić information content (AvgIpc) is 2.53. The van der Waals surface area contributed by atoms with Gasteiger partial charge in [0.05, 0.1) is 0 Å². The van der Waals surface area contributed by atoms with E-state index in [1.807, 2.05) is 20.8 Å². The van der Waals surface area contributed by atoms with Crippen molar-refractivity contribution < 1.29 is 20.1 Å². The van der Waals surface area contributed by atoms with Crippen molar-refractivity contribution >= 4 is 6.29 Å². The number of aliphatic hydroxyl groups is 2. The fourth-order valence-corrected chi connectivity index (χ4v) is 2.60. The van der Waals surface area contributed by atoms with Gasteiger partial charge in [0.15, 0.2) is 11.9 Å². The van der Waals surface area contributed by atoms with Crippen LogP contribution >= 0.6 is 0 Å². The Labute approximate surface area is 136 Å². The first kappa shape index (κ1) is 17.2. The Morgan fingerprint density at radius 2 is 1.61 bits per heavy atom. The number of phenolic OH excluding ortho intramolecular Hbond substituents is 1. The van der Waals surface area contributed by atoms with Gasteiger partial charge in [-0.15, -0.1) is 0 Å². The van der Waals surface area contributed by atoms with Gasteiger partial charge in [0, 0.05) is 5.56 Å². The van der Waals surface area contributed by atoms with E-state index in [0.29, 0.717) is 5.56 Å². The third kappa shape index (κ3) is 3.14. The molecule has 0 heterocycles. The van der Waals surface area contributed by atoms with Crippen molar-refractivity contribution in [1.82, 2.24) is 0 Å². The van der Waals surface area contributed by atoms with Crippen LogP contribution in [-0.2, 0) is 15.8 Å². The first-order valence-corrected chi connectivity index (χ1v) is 7.46. The molecule has 2 rings (SSSR count). The van der Waals surface area contributed by atoms with E-state index in [4.69, 9.17) is 0 Å². The van der Waals surface area contributed by atoms with Crippen molar-refractivity contribution in [2.24, 2.45) is 0 Å². The number of rotatable bonds is 4. The van der Waals surface area contributed by atoms with Crippen LogP contribution < -0.4 is 0 Å². The number of hydrogen-bond donors (Lipinski definition) is 3. The standard InChI is InChI=1S/C19H22O4/c1-18(2,3)14-9-10-15(16(21)11-14)19(23,17(22)12-20)13-7-5-4-6-8-13/h4-12,17,21-23H,1-3H3. The van der Waals surface area contributed by atoms with Gasteiger partial charge in [0.25, 0.3) is 0 Å². The third-order valence-corrected chi connectivity index (χ3v) is 4.05. The second kappa shape index (κ2) is 6.14. The normalized spacial score (nSPS) is 15.7. The molecule has 0 spiro atoms. The van der Waals surface area contributed by atoms with Gasteiger partial charge >= 0.3 is 0 Å². The molecule has 2 atom stereocenters. The summed E-state index contributed by atoms with van der Waals surface area (Å²) in [4.78, 5) is 11.1. The number of benzene rings is 2. The van der Waals surface area contributed by atoms with Gasteiger partial charge in [-0.05, 0) is 22.6 Å². The molecular weight excluding hydrogens is 292 g/mol. The zero-order valence-corrected chi connectivity index (χ0v) is 13.5. The van der Waals surface area contributed by atoms with Gasteiger partial charge < -0.3 is 20.1 Å². The van der Waals surface area contributed by atoms with Crippen molar-refractivity contribution in [3.8, 4) is 5.75 Å². The highest BCUT2D eigenvalue weighted by Gasteiger charge is 2.41. The highest BCUT2D eigenvalue weighted by Crippen LogP contribution is 2.39. The molecule has 0 aliphatic carbocycles. The van der Waals surface area contributed by atoms with E-state index in [9.17, 15) is 20.1 Å². The Hall–Kier alpha value is -2.17. The van der Waals surface area contributed by atoms with E-state index in [1.54, 1.807) is 48.5 Å². The molecule has 0 aliphatic heterocycles. The largest absolute Gasteiger partial charge is 0.508 e. The van der Waals surface area contributed by atoms with Crippen LogP contribution in [0.5, 0.6) is 5.75 Å². The van der Waals surface area contributed by atoms with Crippen LogP contribution in [0.1, 0.15) is 37.5 Å². The topological polar surface area (TPSA) is 77.8 Å². The number of phenols is 1. The maximum Gasteiger partial charge on any atom is 0.152 e. The van der Waals surface area contributed by atoms with Crippen LogP contribution in [0.4, 0.5) is 0 Å².